The van der Waals surface area contributed by atoms with E-state index in [-0.39, 0.29) is 36.9 Å². The molecule has 0 saturated carbocycles. The Morgan fingerprint density at radius 1 is 1.20 bits per heavy atom. The number of nitrogens with zero attached hydrogens (tertiary/aromatic N) is 1. The maximum atomic E-state index is 12.8. The van der Waals surface area contributed by atoms with Crippen molar-refractivity contribution in [3.8, 4) is 0 Å². The summed E-state index contributed by atoms with van der Waals surface area (Å²) in [5.74, 6) is -1.19. The largest absolute Gasteiger partial charge is 0.456 e. The number of Topliss-reactive ketones (excluding diaryl/α,β-unsaturated/α-hetero) is 1. The molecule has 1 N–H and O–H groups in total. The minimum absolute atomic E-state index is 0.105. The van der Waals surface area contributed by atoms with Crippen molar-refractivity contribution in [2.24, 2.45) is 0 Å². The zero-order chi connectivity index (χ0) is 22.3. The Morgan fingerprint density at radius 3 is 2.47 bits per heavy atom. The highest BCUT2D eigenvalue weighted by molar-refractivity contribution is 8.01. The number of esters is 1. The van der Waals surface area contributed by atoms with Gasteiger partial charge in [-0.05, 0) is 45.9 Å². The number of piperidine rings is 1. The van der Waals surface area contributed by atoms with E-state index in [0.717, 1.165) is 4.90 Å². The van der Waals surface area contributed by atoms with Gasteiger partial charge in [0.2, 0.25) is 5.91 Å². The number of fused-ring (bicyclic) bond motifs is 1. The van der Waals surface area contributed by atoms with Gasteiger partial charge >= 0.3 is 5.97 Å². The number of likely N-dealkylation sites (tertiary alicyclic amines) is 1. The van der Waals surface area contributed by atoms with Gasteiger partial charge in [-0.25, -0.2) is 0 Å². The molecule has 2 amide bonds. The number of ketones is 1. The van der Waals surface area contributed by atoms with Gasteiger partial charge in [-0.3, -0.25) is 19.2 Å². The number of benzene rings is 1. The molecule has 2 aliphatic rings. The Morgan fingerprint density at radius 2 is 1.83 bits per heavy atom. The van der Waals surface area contributed by atoms with Crippen molar-refractivity contribution in [3.63, 3.8) is 0 Å². The van der Waals surface area contributed by atoms with Crippen molar-refractivity contribution >= 4 is 52.6 Å². The van der Waals surface area contributed by atoms with Crippen molar-refractivity contribution in [1.29, 1.82) is 0 Å². The molecule has 30 heavy (non-hydrogen) atoms. The number of rotatable bonds is 4. The first kappa shape index (κ1) is 22.6. The van der Waals surface area contributed by atoms with Crippen LogP contribution in [-0.4, -0.2) is 51.4 Å². The van der Waals surface area contributed by atoms with Crippen molar-refractivity contribution in [3.05, 3.63) is 23.2 Å². The number of nitrogens with one attached hydrogen (secondary N) is 1. The lowest BCUT2D eigenvalue weighted by Gasteiger charge is -2.52. The normalized spacial score (nSPS) is 22.2. The Labute approximate surface area is 184 Å². The standard InChI is InChI=1S/C21H25ClN2O5S/c1-20(2)9-13(25)10-21(3,4)24(20)17(26)11-29-18(27)8-16-19(28)23-14-7-12(22)5-6-15(14)30-16/h5-7,16H,8-11H2,1-4H3,(H,23,28). The topological polar surface area (TPSA) is 92.8 Å². The van der Waals surface area contributed by atoms with Crippen molar-refractivity contribution in [2.45, 2.75) is 68.2 Å². The molecular formula is C21H25ClN2O5S. The molecule has 1 aromatic carbocycles. The van der Waals surface area contributed by atoms with Crippen molar-refractivity contribution in [2.75, 3.05) is 11.9 Å². The molecule has 1 unspecified atom stereocenters. The third-order valence-electron chi connectivity index (χ3n) is 5.19. The van der Waals surface area contributed by atoms with Gasteiger partial charge in [0.05, 0.1) is 17.4 Å². The quantitative estimate of drug-likeness (QED) is 0.703. The molecule has 2 aliphatic heterocycles. The van der Waals surface area contributed by atoms with Gasteiger partial charge in [0.25, 0.3) is 5.91 Å². The summed E-state index contributed by atoms with van der Waals surface area (Å²) in [5.41, 5.74) is -0.708. The molecule has 0 spiro atoms. The number of carbonyl (C=O) groups excluding carboxylic acids is 4. The Balaban J connectivity index is 1.59. The van der Waals surface area contributed by atoms with E-state index in [1.165, 1.54) is 11.8 Å². The number of halogens is 1. The smallest absolute Gasteiger partial charge is 0.307 e. The van der Waals surface area contributed by atoms with E-state index in [1.54, 1.807) is 23.1 Å². The predicted molar refractivity (Wildman–Crippen MR) is 115 cm³/mol. The molecule has 162 valence electrons. The van der Waals surface area contributed by atoms with E-state index in [9.17, 15) is 19.2 Å². The average Bonchev–Trinajstić information content (AvgIpc) is 2.58. The zero-order valence-electron chi connectivity index (χ0n) is 17.4. The van der Waals surface area contributed by atoms with Gasteiger partial charge in [-0.1, -0.05) is 11.6 Å². The number of amides is 2. The van der Waals surface area contributed by atoms with Crippen molar-refractivity contribution in [1.82, 2.24) is 4.90 Å². The predicted octanol–water partition coefficient (Wildman–Crippen LogP) is 3.43. The molecule has 1 fully saturated rings. The van der Waals surface area contributed by atoms with E-state index >= 15 is 0 Å². The molecule has 3 rings (SSSR count). The fourth-order valence-corrected chi connectivity index (χ4v) is 5.60. The Hall–Kier alpha value is -2.06. The summed E-state index contributed by atoms with van der Waals surface area (Å²) in [6.07, 6.45) is 0.369. The second kappa shape index (κ2) is 8.23. The van der Waals surface area contributed by atoms with Crippen LogP contribution in [0, 0.1) is 0 Å². The summed E-state index contributed by atoms with van der Waals surface area (Å²) >= 11 is 7.20. The molecule has 0 aromatic heterocycles. The van der Waals surface area contributed by atoms with Gasteiger partial charge in [0.1, 0.15) is 5.78 Å². The Kier molecular flexibility index (Phi) is 6.20. The highest BCUT2D eigenvalue weighted by Crippen LogP contribution is 2.39. The lowest BCUT2D eigenvalue weighted by Crippen LogP contribution is -2.63. The second-order valence-corrected chi connectivity index (χ2v) is 10.5. The minimum atomic E-state index is -0.660. The summed E-state index contributed by atoms with van der Waals surface area (Å²) in [5, 5.41) is 2.60. The van der Waals surface area contributed by atoms with Gasteiger partial charge in [0.15, 0.2) is 6.61 Å². The molecule has 9 heteroatoms. The second-order valence-electron chi connectivity index (χ2n) is 8.85. The molecule has 1 saturated heterocycles. The summed E-state index contributed by atoms with van der Waals surface area (Å²) in [4.78, 5) is 51.9. The monoisotopic (exact) mass is 452 g/mol. The van der Waals surface area contributed by atoms with E-state index in [2.05, 4.69) is 5.32 Å². The zero-order valence-corrected chi connectivity index (χ0v) is 19.0. The van der Waals surface area contributed by atoms with Crippen LogP contribution in [0.15, 0.2) is 23.1 Å². The van der Waals surface area contributed by atoms with Gasteiger partial charge < -0.3 is 15.0 Å². The third-order valence-corrected chi connectivity index (χ3v) is 6.70. The third kappa shape index (κ3) is 4.81. The van der Waals surface area contributed by atoms with E-state index in [0.29, 0.717) is 10.7 Å². The van der Waals surface area contributed by atoms with Crippen LogP contribution in [0.3, 0.4) is 0 Å². The minimum Gasteiger partial charge on any atom is -0.456 e. The number of ether oxygens (including phenoxy) is 1. The molecule has 1 atom stereocenters. The Bertz CT molecular complexity index is 895. The number of anilines is 1. The first-order valence-electron chi connectivity index (χ1n) is 9.67. The van der Waals surface area contributed by atoms with Crippen LogP contribution < -0.4 is 5.32 Å². The number of hydrogen-bond donors (Lipinski definition) is 1. The van der Waals surface area contributed by atoms with Crippen LogP contribution >= 0.6 is 23.4 Å². The molecule has 1 aromatic rings. The average molecular weight is 453 g/mol. The molecule has 2 heterocycles. The van der Waals surface area contributed by atoms with Gasteiger partial charge in [0, 0.05) is 33.8 Å². The fraction of sp³-hybridized carbons (Fsp3) is 0.524. The maximum Gasteiger partial charge on any atom is 0.307 e. The maximum absolute atomic E-state index is 12.8. The van der Waals surface area contributed by atoms with Crippen LogP contribution in [0.4, 0.5) is 5.69 Å². The highest BCUT2D eigenvalue weighted by Gasteiger charge is 2.47. The lowest BCUT2D eigenvalue weighted by atomic mass is 9.79. The van der Waals surface area contributed by atoms with Crippen LogP contribution in [0.25, 0.3) is 0 Å². The van der Waals surface area contributed by atoms with E-state index in [4.69, 9.17) is 16.3 Å². The number of thioether (sulfide) groups is 1. The molecule has 0 aliphatic carbocycles. The molecule has 0 radical (unpaired) electrons. The number of hydrogen-bond acceptors (Lipinski definition) is 6. The molecule has 7 nitrogen and oxygen atoms in total. The van der Waals surface area contributed by atoms with Gasteiger partial charge in [-0.2, -0.15) is 0 Å². The van der Waals surface area contributed by atoms with E-state index in [1.807, 2.05) is 27.7 Å². The van der Waals surface area contributed by atoms with Crippen LogP contribution in [0.1, 0.15) is 47.0 Å². The van der Waals surface area contributed by atoms with Crippen LogP contribution in [0.2, 0.25) is 5.02 Å². The fourth-order valence-electron chi connectivity index (χ4n) is 4.35. The SMILES string of the molecule is CC1(C)CC(=O)CC(C)(C)N1C(=O)COC(=O)CC1Sc2ccc(Cl)cc2NC1=O. The summed E-state index contributed by atoms with van der Waals surface area (Å²) in [6, 6.07) is 5.15. The summed E-state index contributed by atoms with van der Waals surface area (Å²) in [6.45, 7) is 6.90. The molecular weight excluding hydrogens is 428 g/mol. The van der Waals surface area contributed by atoms with E-state index < -0.39 is 28.9 Å². The first-order valence-corrected chi connectivity index (χ1v) is 10.9. The highest BCUT2D eigenvalue weighted by atomic mass is 35.5. The first-order chi connectivity index (χ1) is 13.9. The van der Waals surface area contributed by atoms with Crippen LogP contribution in [-0.2, 0) is 23.9 Å². The van der Waals surface area contributed by atoms with Crippen molar-refractivity contribution < 1.29 is 23.9 Å². The summed E-state index contributed by atoms with van der Waals surface area (Å²) < 4.78 is 5.20. The van der Waals surface area contributed by atoms with Gasteiger partial charge in [-0.15, -0.1) is 11.8 Å². The molecule has 0 bridgehead atoms. The lowest BCUT2D eigenvalue weighted by molar-refractivity contribution is -0.163. The number of carbonyl (C=O) groups is 4. The van der Waals surface area contributed by atoms with Crippen LogP contribution in [0.5, 0.6) is 0 Å². The summed E-state index contributed by atoms with van der Waals surface area (Å²) in [7, 11) is 0.